The first-order chi connectivity index (χ1) is 14.3. The number of carbonyl (C=O) groups excluding carboxylic acids is 2. The van der Waals surface area contributed by atoms with Gasteiger partial charge in [-0.3, -0.25) is 9.59 Å². The Bertz CT molecular complexity index is 949. The van der Waals surface area contributed by atoms with E-state index in [-0.39, 0.29) is 18.4 Å². The average molecular weight is 418 g/mol. The Hall–Kier alpha value is -3.03. The van der Waals surface area contributed by atoms with Crippen LogP contribution in [0, 0.1) is 5.92 Å². The first-order valence-electron chi connectivity index (χ1n) is 9.82. The number of alkyl halides is 3. The van der Waals surface area contributed by atoms with Crippen LogP contribution < -0.4 is 10.1 Å². The van der Waals surface area contributed by atoms with Gasteiger partial charge < -0.3 is 15.0 Å². The van der Waals surface area contributed by atoms with Crippen molar-refractivity contribution in [2.75, 3.05) is 25.0 Å². The molecule has 2 aromatic carbocycles. The lowest BCUT2D eigenvalue weighted by Crippen LogP contribution is -2.39. The second kappa shape index (κ2) is 8.01. The lowest BCUT2D eigenvalue weighted by atomic mass is 9.89. The summed E-state index contributed by atoms with van der Waals surface area (Å²) in [6.07, 6.45) is -2.05. The van der Waals surface area contributed by atoms with Crippen LogP contribution in [0.2, 0.25) is 0 Å². The number of hydrogen-bond acceptors (Lipinski definition) is 3. The molecule has 8 heteroatoms. The van der Waals surface area contributed by atoms with Crippen molar-refractivity contribution in [3.05, 3.63) is 59.2 Å². The molecule has 2 aromatic rings. The smallest absolute Gasteiger partial charge is 0.416 e. The van der Waals surface area contributed by atoms with E-state index >= 15 is 0 Å². The van der Waals surface area contributed by atoms with Gasteiger partial charge in [0.15, 0.2) is 6.61 Å². The summed E-state index contributed by atoms with van der Waals surface area (Å²) in [5.41, 5.74) is 1.21. The molecule has 158 valence electrons. The van der Waals surface area contributed by atoms with E-state index in [0.29, 0.717) is 42.4 Å². The van der Waals surface area contributed by atoms with Crippen LogP contribution in [0.3, 0.4) is 0 Å². The van der Waals surface area contributed by atoms with E-state index in [2.05, 4.69) is 5.32 Å². The molecule has 0 aliphatic carbocycles. The Labute approximate surface area is 171 Å². The van der Waals surface area contributed by atoms with Gasteiger partial charge in [-0.25, -0.2) is 0 Å². The quantitative estimate of drug-likeness (QED) is 0.816. The van der Waals surface area contributed by atoms with Gasteiger partial charge in [-0.2, -0.15) is 13.2 Å². The van der Waals surface area contributed by atoms with Crippen molar-refractivity contribution in [3.63, 3.8) is 0 Å². The number of ether oxygens (including phenoxy) is 1. The zero-order valence-corrected chi connectivity index (χ0v) is 16.2. The molecule has 2 aliphatic rings. The Kier molecular flexibility index (Phi) is 5.40. The number of halogens is 3. The molecular weight excluding hydrogens is 397 g/mol. The third kappa shape index (κ3) is 4.42. The molecule has 0 radical (unpaired) electrons. The van der Waals surface area contributed by atoms with Gasteiger partial charge in [0.05, 0.1) is 11.3 Å². The fraction of sp³-hybridized carbons (Fsp3) is 0.364. The molecule has 2 aliphatic heterocycles. The molecule has 2 heterocycles. The van der Waals surface area contributed by atoms with E-state index in [0.717, 1.165) is 30.5 Å². The predicted molar refractivity (Wildman–Crippen MR) is 104 cm³/mol. The lowest BCUT2D eigenvalue weighted by molar-refractivity contribution is -0.137. The van der Waals surface area contributed by atoms with Crippen LogP contribution in [0.15, 0.2) is 42.5 Å². The Balaban J connectivity index is 1.34. The zero-order valence-electron chi connectivity index (χ0n) is 16.2. The van der Waals surface area contributed by atoms with E-state index in [9.17, 15) is 22.8 Å². The van der Waals surface area contributed by atoms with E-state index in [4.69, 9.17) is 4.74 Å². The van der Waals surface area contributed by atoms with Gasteiger partial charge in [0.2, 0.25) is 0 Å². The van der Waals surface area contributed by atoms with Crippen LogP contribution >= 0.6 is 0 Å². The van der Waals surface area contributed by atoms with Crippen LogP contribution in [0.5, 0.6) is 5.75 Å². The summed E-state index contributed by atoms with van der Waals surface area (Å²) >= 11 is 0. The van der Waals surface area contributed by atoms with Crippen molar-refractivity contribution in [2.24, 2.45) is 5.92 Å². The molecule has 4 rings (SSSR count). The van der Waals surface area contributed by atoms with Crippen molar-refractivity contribution < 1.29 is 27.5 Å². The van der Waals surface area contributed by atoms with Crippen molar-refractivity contribution in [3.8, 4) is 5.75 Å². The number of nitrogens with one attached hydrogen (secondary N) is 1. The molecule has 0 saturated carbocycles. The minimum absolute atomic E-state index is 0.0350. The molecule has 2 amide bonds. The maximum Gasteiger partial charge on any atom is 0.416 e. The van der Waals surface area contributed by atoms with E-state index < -0.39 is 11.7 Å². The number of benzene rings is 2. The molecule has 1 saturated heterocycles. The summed E-state index contributed by atoms with van der Waals surface area (Å²) < 4.78 is 43.4. The van der Waals surface area contributed by atoms with E-state index in [1.165, 1.54) is 12.1 Å². The van der Waals surface area contributed by atoms with Crippen molar-refractivity contribution in [2.45, 2.75) is 25.4 Å². The Morgan fingerprint density at radius 1 is 1.10 bits per heavy atom. The van der Waals surface area contributed by atoms with Crippen LogP contribution in [-0.4, -0.2) is 36.4 Å². The summed E-state index contributed by atoms with van der Waals surface area (Å²) in [7, 11) is 0. The summed E-state index contributed by atoms with van der Waals surface area (Å²) in [6.45, 7) is 1.14. The van der Waals surface area contributed by atoms with Gasteiger partial charge in [0.1, 0.15) is 5.75 Å². The molecule has 1 fully saturated rings. The Morgan fingerprint density at radius 2 is 1.80 bits per heavy atom. The third-order valence-corrected chi connectivity index (χ3v) is 5.57. The number of hydrogen-bond donors (Lipinski definition) is 1. The number of likely N-dealkylation sites (tertiary alicyclic amines) is 1. The second-order valence-corrected chi connectivity index (χ2v) is 7.68. The molecule has 0 aromatic heterocycles. The molecule has 0 bridgehead atoms. The molecular formula is C22H21F3N2O3. The first kappa shape index (κ1) is 20.3. The highest BCUT2D eigenvalue weighted by molar-refractivity contribution is 5.99. The number of piperidine rings is 1. The van der Waals surface area contributed by atoms with Crippen LogP contribution in [0.25, 0.3) is 0 Å². The Morgan fingerprint density at radius 3 is 2.47 bits per heavy atom. The van der Waals surface area contributed by atoms with Gasteiger partial charge in [0.25, 0.3) is 11.8 Å². The van der Waals surface area contributed by atoms with E-state index in [1.54, 1.807) is 23.1 Å². The monoisotopic (exact) mass is 418 g/mol. The number of rotatable bonds is 3. The van der Waals surface area contributed by atoms with Gasteiger partial charge in [-0.05, 0) is 61.1 Å². The minimum Gasteiger partial charge on any atom is -0.482 e. The minimum atomic E-state index is -4.32. The number of carbonyl (C=O) groups is 2. The van der Waals surface area contributed by atoms with Crippen LogP contribution in [0.1, 0.15) is 34.3 Å². The highest BCUT2D eigenvalue weighted by Crippen LogP contribution is 2.31. The van der Waals surface area contributed by atoms with Gasteiger partial charge in [-0.15, -0.1) is 0 Å². The highest BCUT2D eigenvalue weighted by atomic mass is 19.4. The molecule has 0 atom stereocenters. The summed E-state index contributed by atoms with van der Waals surface area (Å²) in [4.78, 5) is 26.1. The third-order valence-electron chi connectivity index (χ3n) is 5.57. The largest absolute Gasteiger partial charge is 0.482 e. The van der Waals surface area contributed by atoms with Crippen LogP contribution in [0.4, 0.5) is 18.9 Å². The highest BCUT2D eigenvalue weighted by Gasteiger charge is 2.30. The SMILES string of the molecule is O=C1COc2ccc(C(=O)N3CCC(Cc4ccc(C(F)(F)F)cc4)CC3)cc2N1. The van der Waals surface area contributed by atoms with Gasteiger partial charge in [-0.1, -0.05) is 12.1 Å². The van der Waals surface area contributed by atoms with Gasteiger partial charge >= 0.3 is 6.18 Å². The first-order valence-corrected chi connectivity index (χ1v) is 9.82. The maximum atomic E-state index is 12.8. The van der Waals surface area contributed by atoms with Crippen molar-refractivity contribution in [1.29, 1.82) is 0 Å². The lowest BCUT2D eigenvalue weighted by Gasteiger charge is -2.32. The molecule has 0 spiro atoms. The summed E-state index contributed by atoms with van der Waals surface area (Å²) in [6, 6.07) is 10.3. The maximum absolute atomic E-state index is 12.8. The topological polar surface area (TPSA) is 58.6 Å². The van der Waals surface area contributed by atoms with Crippen LogP contribution in [-0.2, 0) is 17.4 Å². The number of amides is 2. The normalized spacial score (nSPS) is 17.2. The fourth-order valence-corrected chi connectivity index (χ4v) is 3.90. The molecule has 5 nitrogen and oxygen atoms in total. The molecule has 0 unspecified atom stereocenters. The fourth-order valence-electron chi connectivity index (χ4n) is 3.90. The van der Waals surface area contributed by atoms with Crippen molar-refractivity contribution in [1.82, 2.24) is 4.90 Å². The number of nitrogens with zero attached hydrogens (tertiary/aromatic N) is 1. The average Bonchev–Trinajstić information content (AvgIpc) is 2.73. The summed E-state index contributed by atoms with van der Waals surface area (Å²) in [5, 5.41) is 2.70. The predicted octanol–water partition coefficient (Wildman–Crippen LogP) is 4.13. The standard InChI is InChI=1S/C22H21F3N2O3/c23-22(24,25)17-4-1-14(2-5-17)11-15-7-9-27(10-8-15)21(29)16-3-6-19-18(12-16)26-20(28)13-30-19/h1-6,12,15H,7-11,13H2,(H,26,28). The number of anilines is 1. The number of fused-ring (bicyclic) bond motifs is 1. The second-order valence-electron chi connectivity index (χ2n) is 7.68. The van der Waals surface area contributed by atoms with E-state index in [1.807, 2.05) is 0 Å². The zero-order chi connectivity index (χ0) is 21.3. The van der Waals surface area contributed by atoms with Crippen molar-refractivity contribution >= 4 is 17.5 Å². The summed E-state index contributed by atoms with van der Waals surface area (Å²) in [5.74, 6) is 0.505. The van der Waals surface area contributed by atoms with Gasteiger partial charge in [0, 0.05) is 18.7 Å². The molecule has 1 N–H and O–H groups in total. The molecule has 30 heavy (non-hydrogen) atoms.